The molecule has 0 radical (unpaired) electrons. The standard InChI is InChI=1S/C17H27N3S/c1-6-12(3)8-9-13-16-15(18-11-21-16)14(20-19-13)10-17(4,5)7-2/h11-12H,6-10H2,1-5H3. The molecule has 3 nitrogen and oxygen atoms in total. The van der Waals surface area contributed by atoms with Crippen molar-refractivity contribution in [3.05, 3.63) is 16.9 Å². The van der Waals surface area contributed by atoms with Crippen LogP contribution in [-0.2, 0) is 12.8 Å². The van der Waals surface area contributed by atoms with Crippen LogP contribution in [-0.4, -0.2) is 15.2 Å². The summed E-state index contributed by atoms with van der Waals surface area (Å²) >= 11 is 1.71. The van der Waals surface area contributed by atoms with E-state index in [0.29, 0.717) is 0 Å². The summed E-state index contributed by atoms with van der Waals surface area (Å²) in [4.78, 5) is 4.56. The highest BCUT2D eigenvalue weighted by atomic mass is 32.1. The van der Waals surface area contributed by atoms with Crippen LogP contribution < -0.4 is 0 Å². The fourth-order valence-electron chi connectivity index (χ4n) is 2.32. The molecule has 0 fully saturated rings. The van der Waals surface area contributed by atoms with Crippen LogP contribution in [0.15, 0.2) is 5.51 Å². The number of rotatable bonds is 7. The lowest BCUT2D eigenvalue weighted by atomic mass is 9.85. The van der Waals surface area contributed by atoms with Crippen molar-refractivity contribution in [3.63, 3.8) is 0 Å². The molecule has 0 N–H and O–H groups in total. The summed E-state index contributed by atoms with van der Waals surface area (Å²) in [6.07, 6.45) is 5.50. The summed E-state index contributed by atoms with van der Waals surface area (Å²) in [5.41, 5.74) is 5.46. The summed E-state index contributed by atoms with van der Waals surface area (Å²) in [6, 6.07) is 0. The van der Waals surface area contributed by atoms with Crippen molar-refractivity contribution >= 4 is 21.6 Å². The maximum absolute atomic E-state index is 4.56. The van der Waals surface area contributed by atoms with E-state index in [2.05, 4.69) is 49.8 Å². The van der Waals surface area contributed by atoms with E-state index in [-0.39, 0.29) is 5.41 Å². The second-order valence-electron chi connectivity index (χ2n) is 6.87. The third-order valence-electron chi connectivity index (χ3n) is 4.57. The van der Waals surface area contributed by atoms with Crippen molar-refractivity contribution in [2.45, 2.75) is 66.7 Å². The van der Waals surface area contributed by atoms with Crippen LogP contribution in [0.2, 0.25) is 0 Å². The Kier molecular flexibility index (Phi) is 5.31. The SMILES string of the molecule is CCC(C)CCc1nnc(CC(C)(C)CC)c2ncsc12. The molecule has 0 saturated carbocycles. The minimum atomic E-state index is 0.253. The molecule has 21 heavy (non-hydrogen) atoms. The number of hydrogen-bond acceptors (Lipinski definition) is 4. The summed E-state index contributed by atoms with van der Waals surface area (Å²) in [6.45, 7) is 11.3. The highest BCUT2D eigenvalue weighted by Gasteiger charge is 2.21. The lowest BCUT2D eigenvalue weighted by Crippen LogP contribution is -2.15. The topological polar surface area (TPSA) is 38.7 Å². The summed E-state index contributed by atoms with van der Waals surface area (Å²) in [5.74, 6) is 0.744. The first-order valence-electron chi connectivity index (χ1n) is 8.04. The number of fused-ring (bicyclic) bond motifs is 1. The van der Waals surface area contributed by atoms with E-state index < -0.39 is 0 Å². The first kappa shape index (κ1) is 16.3. The second kappa shape index (κ2) is 6.82. The molecule has 0 aliphatic heterocycles. The molecule has 2 rings (SSSR count). The van der Waals surface area contributed by atoms with E-state index in [9.17, 15) is 0 Å². The molecular formula is C17H27N3S. The molecule has 0 bridgehead atoms. The molecule has 0 aliphatic rings. The van der Waals surface area contributed by atoms with E-state index in [0.717, 1.165) is 42.1 Å². The van der Waals surface area contributed by atoms with Crippen LogP contribution in [0.4, 0.5) is 0 Å². The quantitative estimate of drug-likeness (QED) is 0.719. The van der Waals surface area contributed by atoms with Gasteiger partial charge in [0, 0.05) is 0 Å². The Morgan fingerprint density at radius 1 is 1.19 bits per heavy atom. The molecular weight excluding hydrogens is 278 g/mol. The lowest BCUT2D eigenvalue weighted by molar-refractivity contribution is 0.345. The smallest absolute Gasteiger partial charge is 0.106 e. The summed E-state index contributed by atoms with van der Waals surface area (Å²) in [5, 5.41) is 9.03. The molecule has 116 valence electrons. The third-order valence-corrected chi connectivity index (χ3v) is 5.44. The molecule has 0 saturated heterocycles. The van der Waals surface area contributed by atoms with Crippen LogP contribution in [0.3, 0.4) is 0 Å². The van der Waals surface area contributed by atoms with Crippen molar-refractivity contribution in [2.24, 2.45) is 11.3 Å². The zero-order valence-electron chi connectivity index (χ0n) is 13.9. The van der Waals surface area contributed by atoms with Gasteiger partial charge in [0.2, 0.25) is 0 Å². The highest BCUT2D eigenvalue weighted by Crippen LogP contribution is 2.30. The Labute approximate surface area is 132 Å². The van der Waals surface area contributed by atoms with Gasteiger partial charge in [0.1, 0.15) is 5.52 Å². The van der Waals surface area contributed by atoms with Crippen molar-refractivity contribution in [1.29, 1.82) is 0 Å². The van der Waals surface area contributed by atoms with E-state index in [1.54, 1.807) is 11.3 Å². The fourth-order valence-corrected chi connectivity index (χ4v) is 3.14. The Bertz CT molecular complexity index is 589. The zero-order chi connectivity index (χ0) is 15.5. The Morgan fingerprint density at radius 2 is 1.90 bits per heavy atom. The van der Waals surface area contributed by atoms with Crippen molar-refractivity contribution in [2.75, 3.05) is 0 Å². The largest absolute Gasteiger partial charge is 0.243 e. The van der Waals surface area contributed by atoms with Gasteiger partial charge in [0.05, 0.1) is 21.6 Å². The first-order chi connectivity index (χ1) is 9.96. The van der Waals surface area contributed by atoms with Gasteiger partial charge in [-0.1, -0.05) is 47.5 Å². The Balaban J connectivity index is 2.26. The normalized spacial score (nSPS) is 13.8. The third kappa shape index (κ3) is 4.00. The van der Waals surface area contributed by atoms with Crippen LogP contribution in [0.25, 0.3) is 10.2 Å². The first-order valence-corrected chi connectivity index (χ1v) is 8.92. The van der Waals surface area contributed by atoms with E-state index in [1.807, 2.05) is 5.51 Å². The average molecular weight is 305 g/mol. The van der Waals surface area contributed by atoms with Crippen LogP contribution in [0.1, 0.15) is 65.3 Å². The van der Waals surface area contributed by atoms with E-state index in [1.165, 1.54) is 17.5 Å². The molecule has 2 aromatic rings. The van der Waals surface area contributed by atoms with Crippen molar-refractivity contribution in [3.8, 4) is 0 Å². The maximum atomic E-state index is 4.56. The van der Waals surface area contributed by atoms with Gasteiger partial charge in [-0.25, -0.2) is 4.98 Å². The molecule has 2 heterocycles. The number of nitrogens with zero attached hydrogens (tertiary/aromatic N) is 3. The van der Waals surface area contributed by atoms with E-state index in [4.69, 9.17) is 0 Å². The van der Waals surface area contributed by atoms with Crippen LogP contribution >= 0.6 is 11.3 Å². The Morgan fingerprint density at radius 3 is 2.57 bits per heavy atom. The Hall–Kier alpha value is -1.03. The zero-order valence-corrected chi connectivity index (χ0v) is 14.8. The molecule has 4 heteroatoms. The molecule has 0 aromatic carbocycles. The molecule has 1 atom stereocenters. The number of aryl methyl sites for hydroxylation is 1. The van der Waals surface area contributed by atoms with Gasteiger partial charge in [-0.2, -0.15) is 10.2 Å². The lowest BCUT2D eigenvalue weighted by Gasteiger charge is -2.21. The summed E-state index contributed by atoms with van der Waals surface area (Å²) < 4.78 is 1.25. The van der Waals surface area contributed by atoms with E-state index >= 15 is 0 Å². The minimum Gasteiger partial charge on any atom is -0.243 e. The molecule has 2 aromatic heterocycles. The maximum Gasteiger partial charge on any atom is 0.106 e. The molecule has 0 amide bonds. The molecule has 0 spiro atoms. The predicted octanol–water partition coefficient (Wildman–Crippen LogP) is 5.04. The minimum absolute atomic E-state index is 0.253. The highest BCUT2D eigenvalue weighted by molar-refractivity contribution is 7.16. The molecule has 0 aliphatic carbocycles. The van der Waals surface area contributed by atoms with Crippen molar-refractivity contribution < 1.29 is 0 Å². The van der Waals surface area contributed by atoms with Gasteiger partial charge in [0.15, 0.2) is 0 Å². The van der Waals surface area contributed by atoms with Crippen LogP contribution in [0.5, 0.6) is 0 Å². The van der Waals surface area contributed by atoms with Gasteiger partial charge in [-0.3, -0.25) is 0 Å². The molecule has 1 unspecified atom stereocenters. The van der Waals surface area contributed by atoms with Crippen LogP contribution in [0, 0.1) is 11.3 Å². The van der Waals surface area contributed by atoms with Gasteiger partial charge in [-0.15, -0.1) is 11.3 Å². The average Bonchev–Trinajstić information content (AvgIpc) is 2.96. The van der Waals surface area contributed by atoms with Gasteiger partial charge < -0.3 is 0 Å². The predicted molar refractivity (Wildman–Crippen MR) is 90.8 cm³/mol. The second-order valence-corrected chi connectivity index (χ2v) is 7.72. The van der Waals surface area contributed by atoms with Crippen molar-refractivity contribution in [1.82, 2.24) is 15.2 Å². The van der Waals surface area contributed by atoms with Gasteiger partial charge in [0.25, 0.3) is 0 Å². The number of aromatic nitrogens is 3. The summed E-state index contributed by atoms with van der Waals surface area (Å²) in [7, 11) is 0. The fraction of sp³-hybridized carbons (Fsp3) is 0.706. The van der Waals surface area contributed by atoms with Gasteiger partial charge >= 0.3 is 0 Å². The monoisotopic (exact) mass is 305 g/mol. The van der Waals surface area contributed by atoms with Gasteiger partial charge in [-0.05, 0) is 30.6 Å². The number of hydrogen-bond donors (Lipinski definition) is 0. The number of thiazole rings is 1.